The number of hydrogen-bond donors (Lipinski definition) is 1. The number of carbonyl (C=O) groups excluding carboxylic acids is 1. The Kier molecular flexibility index (Phi) is 3.63. The van der Waals surface area contributed by atoms with Crippen molar-refractivity contribution < 1.29 is 4.79 Å². The molecule has 3 saturated heterocycles. The van der Waals surface area contributed by atoms with Crippen molar-refractivity contribution in [2.75, 3.05) is 19.6 Å². The zero-order chi connectivity index (χ0) is 14.9. The van der Waals surface area contributed by atoms with Gasteiger partial charge in [0.2, 0.25) is 0 Å². The number of aromatic nitrogens is 2. The van der Waals surface area contributed by atoms with Crippen molar-refractivity contribution in [2.24, 2.45) is 5.92 Å². The topological polar surface area (TPSA) is 58.1 Å². The monoisotopic (exact) mass is 314 g/mol. The summed E-state index contributed by atoms with van der Waals surface area (Å²) in [6.45, 7) is 3.34. The van der Waals surface area contributed by atoms with Crippen LogP contribution in [-0.2, 0) is 0 Å². The molecule has 6 heteroatoms. The van der Waals surface area contributed by atoms with Gasteiger partial charge in [-0.2, -0.15) is 0 Å². The average Bonchev–Trinajstić information content (AvgIpc) is 3.07. The summed E-state index contributed by atoms with van der Waals surface area (Å²) in [7, 11) is 0. The third-order valence-corrected chi connectivity index (χ3v) is 5.66. The zero-order valence-electron chi connectivity index (χ0n) is 12.2. The lowest BCUT2D eigenvalue weighted by Crippen LogP contribution is -2.57. The Hall–Kier alpha value is -1.79. The van der Waals surface area contributed by atoms with Crippen LogP contribution >= 0.6 is 11.3 Å². The Labute approximate surface area is 133 Å². The highest BCUT2D eigenvalue weighted by molar-refractivity contribution is 7.16. The minimum Gasteiger partial charge on any atom is -0.346 e. The van der Waals surface area contributed by atoms with Crippen LogP contribution in [0.4, 0.5) is 0 Å². The molecule has 0 aliphatic carbocycles. The Balaban J connectivity index is 1.46. The first-order valence-corrected chi connectivity index (χ1v) is 8.51. The molecule has 1 atom stereocenters. The Morgan fingerprint density at radius 3 is 2.86 bits per heavy atom. The van der Waals surface area contributed by atoms with Gasteiger partial charge in [-0.15, -0.1) is 11.3 Å². The fourth-order valence-electron chi connectivity index (χ4n) is 3.38. The molecule has 2 aromatic heterocycles. The highest BCUT2D eigenvalue weighted by atomic mass is 32.1. The number of amides is 1. The minimum atomic E-state index is -0.0427. The van der Waals surface area contributed by atoms with E-state index in [-0.39, 0.29) is 11.9 Å². The molecule has 1 N–H and O–H groups in total. The van der Waals surface area contributed by atoms with Crippen molar-refractivity contribution in [3.05, 3.63) is 35.7 Å². The molecule has 5 rings (SSSR count). The van der Waals surface area contributed by atoms with E-state index >= 15 is 0 Å². The molecule has 3 aliphatic rings. The third-order valence-electron chi connectivity index (χ3n) is 4.62. The number of hydrogen-bond acceptors (Lipinski definition) is 5. The molecule has 5 nitrogen and oxygen atoms in total. The maximum absolute atomic E-state index is 12.4. The summed E-state index contributed by atoms with van der Waals surface area (Å²) in [5, 5.41) is 3.72. The first-order valence-electron chi connectivity index (χ1n) is 7.69. The first-order chi connectivity index (χ1) is 10.8. The standard InChI is InChI=1S/C16H18N4OS/c21-15(19-13-10-20-6-3-11(13)4-7-20)16-18-9-14(22-16)12-2-1-5-17-8-12/h1-2,5,8-9,11,13H,3-4,6-7,10H2,(H,19,21). The van der Waals surface area contributed by atoms with Gasteiger partial charge in [0, 0.05) is 36.7 Å². The third kappa shape index (κ3) is 2.64. The molecule has 0 spiro atoms. The maximum atomic E-state index is 12.4. The molecule has 114 valence electrons. The Morgan fingerprint density at radius 1 is 1.32 bits per heavy atom. The second-order valence-corrected chi connectivity index (χ2v) is 7.02. The van der Waals surface area contributed by atoms with Crippen molar-refractivity contribution >= 4 is 17.2 Å². The number of fused-ring (bicyclic) bond motifs is 3. The second kappa shape index (κ2) is 5.78. The van der Waals surface area contributed by atoms with E-state index in [1.54, 1.807) is 18.6 Å². The van der Waals surface area contributed by atoms with E-state index in [1.165, 1.54) is 37.3 Å². The lowest BCUT2D eigenvalue weighted by Gasteiger charge is -2.44. The van der Waals surface area contributed by atoms with Gasteiger partial charge < -0.3 is 10.2 Å². The smallest absolute Gasteiger partial charge is 0.280 e. The number of nitrogens with one attached hydrogen (secondary N) is 1. The summed E-state index contributed by atoms with van der Waals surface area (Å²) in [5.74, 6) is 0.589. The van der Waals surface area contributed by atoms with Crippen LogP contribution in [0.3, 0.4) is 0 Å². The normalized spacial score (nSPS) is 26.8. The molecule has 0 radical (unpaired) electrons. The Morgan fingerprint density at radius 2 is 2.18 bits per heavy atom. The number of pyridine rings is 1. The molecule has 5 heterocycles. The van der Waals surface area contributed by atoms with Crippen molar-refractivity contribution in [2.45, 2.75) is 18.9 Å². The lowest BCUT2D eigenvalue weighted by atomic mass is 9.84. The van der Waals surface area contributed by atoms with Gasteiger partial charge in [0.05, 0.1) is 4.88 Å². The van der Waals surface area contributed by atoms with E-state index in [4.69, 9.17) is 0 Å². The van der Waals surface area contributed by atoms with Gasteiger partial charge in [-0.1, -0.05) is 6.07 Å². The summed E-state index contributed by atoms with van der Waals surface area (Å²) in [6.07, 6.45) is 7.69. The van der Waals surface area contributed by atoms with Crippen LogP contribution < -0.4 is 5.32 Å². The van der Waals surface area contributed by atoms with Gasteiger partial charge in [-0.05, 0) is 37.9 Å². The van der Waals surface area contributed by atoms with Crippen molar-refractivity contribution in [3.8, 4) is 10.4 Å². The highest BCUT2D eigenvalue weighted by Crippen LogP contribution is 2.29. The van der Waals surface area contributed by atoms with Crippen LogP contribution in [0, 0.1) is 5.92 Å². The lowest BCUT2D eigenvalue weighted by molar-refractivity contribution is 0.0620. The van der Waals surface area contributed by atoms with Crippen molar-refractivity contribution in [1.82, 2.24) is 20.2 Å². The Bertz CT molecular complexity index is 664. The number of thiazole rings is 1. The van der Waals surface area contributed by atoms with Gasteiger partial charge in [-0.25, -0.2) is 4.98 Å². The molecule has 0 saturated carbocycles. The molecule has 1 unspecified atom stereocenters. The van der Waals surface area contributed by atoms with Crippen LogP contribution in [0.25, 0.3) is 10.4 Å². The predicted molar refractivity (Wildman–Crippen MR) is 85.8 cm³/mol. The van der Waals surface area contributed by atoms with E-state index in [1.807, 2.05) is 12.1 Å². The van der Waals surface area contributed by atoms with Gasteiger partial charge in [0.1, 0.15) is 0 Å². The maximum Gasteiger partial charge on any atom is 0.280 e. The molecule has 2 aromatic rings. The fourth-order valence-corrected chi connectivity index (χ4v) is 4.19. The van der Waals surface area contributed by atoms with Gasteiger partial charge in [-0.3, -0.25) is 9.78 Å². The number of carbonyl (C=O) groups is 1. The average molecular weight is 314 g/mol. The zero-order valence-corrected chi connectivity index (χ0v) is 13.1. The van der Waals surface area contributed by atoms with Gasteiger partial charge in [0.15, 0.2) is 5.01 Å². The number of piperidine rings is 3. The molecule has 0 aromatic carbocycles. The van der Waals surface area contributed by atoms with Crippen LogP contribution in [0.5, 0.6) is 0 Å². The first kappa shape index (κ1) is 13.8. The largest absolute Gasteiger partial charge is 0.346 e. The highest BCUT2D eigenvalue weighted by Gasteiger charge is 2.35. The van der Waals surface area contributed by atoms with E-state index in [2.05, 4.69) is 20.2 Å². The van der Waals surface area contributed by atoms with Crippen LogP contribution in [0.2, 0.25) is 0 Å². The van der Waals surface area contributed by atoms with Crippen molar-refractivity contribution in [3.63, 3.8) is 0 Å². The van der Waals surface area contributed by atoms with Gasteiger partial charge >= 0.3 is 0 Å². The van der Waals surface area contributed by atoms with Crippen LogP contribution in [0.1, 0.15) is 22.6 Å². The number of nitrogens with zero attached hydrogens (tertiary/aromatic N) is 3. The summed E-state index contributed by atoms with van der Waals surface area (Å²) in [5.41, 5.74) is 1.00. The van der Waals surface area contributed by atoms with E-state index in [9.17, 15) is 4.79 Å². The van der Waals surface area contributed by atoms with Crippen molar-refractivity contribution in [1.29, 1.82) is 0 Å². The molecular weight excluding hydrogens is 296 g/mol. The minimum absolute atomic E-state index is 0.0427. The summed E-state index contributed by atoms with van der Waals surface area (Å²) >= 11 is 1.43. The summed E-state index contributed by atoms with van der Waals surface area (Å²) in [4.78, 5) is 24.2. The molecule has 2 bridgehead atoms. The van der Waals surface area contributed by atoms with Crippen LogP contribution in [-0.4, -0.2) is 46.5 Å². The molecular formula is C16H18N4OS. The molecule has 1 amide bonds. The predicted octanol–water partition coefficient (Wildman–Crippen LogP) is 2.03. The second-order valence-electron chi connectivity index (χ2n) is 5.99. The molecule has 22 heavy (non-hydrogen) atoms. The molecule has 3 fully saturated rings. The molecule has 3 aliphatic heterocycles. The van der Waals surface area contributed by atoms with E-state index in [0.717, 1.165) is 17.0 Å². The van der Waals surface area contributed by atoms with E-state index < -0.39 is 0 Å². The van der Waals surface area contributed by atoms with E-state index in [0.29, 0.717) is 10.9 Å². The fraction of sp³-hybridized carbons (Fsp3) is 0.438. The quantitative estimate of drug-likeness (QED) is 0.942. The summed E-state index contributed by atoms with van der Waals surface area (Å²) in [6, 6.07) is 4.15. The summed E-state index contributed by atoms with van der Waals surface area (Å²) < 4.78 is 0. The van der Waals surface area contributed by atoms with Crippen LogP contribution in [0.15, 0.2) is 30.7 Å². The number of rotatable bonds is 3. The van der Waals surface area contributed by atoms with Gasteiger partial charge in [0.25, 0.3) is 5.91 Å². The SMILES string of the molecule is O=C(NC1CN2CCC1CC2)c1ncc(-c2cccnc2)s1.